The summed E-state index contributed by atoms with van der Waals surface area (Å²) in [7, 11) is 3.87. The summed E-state index contributed by atoms with van der Waals surface area (Å²) in [4.78, 5) is 14.4. The van der Waals surface area contributed by atoms with Gasteiger partial charge in [-0.2, -0.15) is 0 Å². The van der Waals surface area contributed by atoms with Crippen LogP contribution in [0.2, 0.25) is 0 Å². The van der Waals surface area contributed by atoms with Crippen LogP contribution in [-0.4, -0.2) is 30.3 Å². The van der Waals surface area contributed by atoms with Crippen LogP contribution in [-0.2, 0) is 0 Å². The quantitative estimate of drug-likeness (QED) is 0.729. The van der Waals surface area contributed by atoms with Crippen LogP contribution in [0, 0.1) is 13.8 Å². The van der Waals surface area contributed by atoms with Crippen molar-refractivity contribution in [3.05, 3.63) is 34.9 Å². The molecule has 0 saturated carbocycles. The van der Waals surface area contributed by atoms with Gasteiger partial charge in [0.05, 0.1) is 5.54 Å². The average molecular weight is 219 g/mol. The molecule has 0 aliphatic heterocycles. The van der Waals surface area contributed by atoms with Crippen LogP contribution in [0.25, 0.3) is 0 Å². The Bertz CT molecular complexity index is 405. The monoisotopic (exact) mass is 219 g/mol. The summed E-state index contributed by atoms with van der Waals surface area (Å²) in [5.74, 6) is 0.179. The highest BCUT2D eigenvalue weighted by molar-refractivity contribution is 6.03. The fourth-order valence-corrected chi connectivity index (χ4v) is 1.53. The fourth-order valence-electron chi connectivity index (χ4n) is 1.53. The third kappa shape index (κ3) is 2.17. The normalized spacial score (nSPS) is 11.9. The van der Waals surface area contributed by atoms with Gasteiger partial charge in [-0.3, -0.25) is 9.69 Å². The van der Waals surface area contributed by atoms with E-state index >= 15 is 0 Å². The number of ketones is 1. The molecule has 0 unspecified atom stereocenters. The van der Waals surface area contributed by atoms with Gasteiger partial charge in [0.2, 0.25) is 0 Å². The molecule has 0 amide bonds. The van der Waals surface area contributed by atoms with Gasteiger partial charge in [-0.15, -0.1) is 0 Å². The topological polar surface area (TPSA) is 20.3 Å². The number of Topliss-reactive ketones (excluding diaryl/α,β-unsaturated/α-hetero) is 1. The fraction of sp³-hybridized carbons (Fsp3) is 0.500. The summed E-state index contributed by atoms with van der Waals surface area (Å²) in [6, 6.07) is 5.89. The number of hydrogen-bond acceptors (Lipinski definition) is 2. The standard InChI is InChI=1S/C14H21NO/c1-10-8-7-9-12(11(10)2)13(16)14(3,4)15(5)6/h7-9H,1-6H3. The van der Waals surface area contributed by atoms with Gasteiger partial charge in [0, 0.05) is 5.56 Å². The van der Waals surface area contributed by atoms with Gasteiger partial charge in [0.25, 0.3) is 0 Å². The third-order valence-electron chi connectivity index (χ3n) is 3.52. The maximum atomic E-state index is 12.4. The lowest BCUT2D eigenvalue weighted by Gasteiger charge is -2.31. The lowest BCUT2D eigenvalue weighted by molar-refractivity contribution is 0.0754. The maximum Gasteiger partial charge on any atom is 0.182 e. The van der Waals surface area contributed by atoms with Gasteiger partial charge >= 0.3 is 0 Å². The molecule has 0 saturated heterocycles. The van der Waals surface area contributed by atoms with Crippen LogP contribution in [0.3, 0.4) is 0 Å². The van der Waals surface area contributed by atoms with Crippen molar-refractivity contribution in [2.75, 3.05) is 14.1 Å². The summed E-state index contributed by atoms with van der Waals surface area (Å²) in [6.45, 7) is 7.96. The molecule has 2 nitrogen and oxygen atoms in total. The lowest BCUT2D eigenvalue weighted by atomic mass is 9.88. The van der Waals surface area contributed by atoms with Crippen molar-refractivity contribution in [1.82, 2.24) is 4.90 Å². The molecular formula is C14H21NO. The first kappa shape index (κ1) is 12.9. The van der Waals surface area contributed by atoms with E-state index in [2.05, 4.69) is 0 Å². The summed E-state index contributed by atoms with van der Waals surface area (Å²) < 4.78 is 0. The Morgan fingerprint density at radius 1 is 1.19 bits per heavy atom. The molecule has 0 atom stereocenters. The van der Waals surface area contributed by atoms with E-state index in [1.807, 2.05) is 64.9 Å². The number of rotatable bonds is 3. The molecule has 0 fully saturated rings. The Morgan fingerprint density at radius 2 is 1.75 bits per heavy atom. The first-order valence-electron chi connectivity index (χ1n) is 5.57. The number of aryl methyl sites for hydroxylation is 1. The maximum absolute atomic E-state index is 12.4. The summed E-state index contributed by atoms with van der Waals surface area (Å²) in [6.07, 6.45) is 0. The Balaban J connectivity index is 3.21. The predicted molar refractivity (Wildman–Crippen MR) is 68.0 cm³/mol. The van der Waals surface area contributed by atoms with E-state index in [-0.39, 0.29) is 5.78 Å². The van der Waals surface area contributed by atoms with Crippen molar-refractivity contribution in [2.24, 2.45) is 0 Å². The Kier molecular flexibility index (Phi) is 3.54. The molecule has 0 aliphatic rings. The first-order valence-corrected chi connectivity index (χ1v) is 5.57. The molecule has 2 heteroatoms. The van der Waals surface area contributed by atoms with Crippen molar-refractivity contribution < 1.29 is 4.79 Å². The molecule has 0 bridgehead atoms. The SMILES string of the molecule is Cc1cccc(C(=O)C(C)(C)N(C)C)c1C. The van der Waals surface area contributed by atoms with Crippen LogP contribution in [0.1, 0.15) is 35.3 Å². The number of benzene rings is 1. The van der Waals surface area contributed by atoms with Gasteiger partial charge in [0.1, 0.15) is 0 Å². The molecule has 0 radical (unpaired) electrons. The summed E-state index contributed by atoms with van der Waals surface area (Å²) in [5, 5.41) is 0. The Hall–Kier alpha value is -1.15. The van der Waals surface area contributed by atoms with E-state index in [4.69, 9.17) is 0 Å². The zero-order chi connectivity index (χ0) is 12.5. The van der Waals surface area contributed by atoms with Crippen molar-refractivity contribution in [2.45, 2.75) is 33.2 Å². The molecule has 0 aliphatic carbocycles. The van der Waals surface area contributed by atoms with Crippen molar-refractivity contribution in [1.29, 1.82) is 0 Å². The van der Waals surface area contributed by atoms with E-state index in [9.17, 15) is 4.79 Å². The van der Waals surface area contributed by atoms with Gasteiger partial charge in [-0.25, -0.2) is 0 Å². The number of likely N-dealkylation sites (N-methyl/N-ethyl adjacent to an activating group) is 1. The van der Waals surface area contributed by atoms with Gasteiger partial charge in [0.15, 0.2) is 5.78 Å². The number of hydrogen-bond donors (Lipinski definition) is 0. The Morgan fingerprint density at radius 3 is 2.25 bits per heavy atom. The van der Waals surface area contributed by atoms with Crippen LogP contribution in [0.5, 0.6) is 0 Å². The van der Waals surface area contributed by atoms with Crippen LogP contribution in [0.15, 0.2) is 18.2 Å². The minimum atomic E-state index is -0.460. The zero-order valence-electron chi connectivity index (χ0n) is 11.1. The van der Waals surface area contributed by atoms with E-state index in [0.29, 0.717) is 0 Å². The predicted octanol–water partition coefficient (Wildman–Crippen LogP) is 2.83. The molecule has 0 heterocycles. The average Bonchev–Trinajstić information content (AvgIpc) is 2.21. The van der Waals surface area contributed by atoms with Gasteiger partial charge < -0.3 is 0 Å². The van der Waals surface area contributed by atoms with Crippen molar-refractivity contribution in [3.8, 4) is 0 Å². The van der Waals surface area contributed by atoms with E-state index in [1.165, 1.54) is 5.56 Å². The Labute approximate surface area is 98.3 Å². The minimum Gasteiger partial charge on any atom is -0.297 e. The molecule has 16 heavy (non-hydrogen) atoms. The third-order valence-corrected chi connectivity index (χ3v) is 3.52. The smallest absolute Gasteiger partial charge is 0.182 e. The highest BCUT2D eigenvalue weighted by atomic mass is 16.1. The van der Waals surface area contributed by atoms with E-state index in [0.717, 1.165) is 11.1 Å². The number of carbonyl (C=O) groups is 1. The van der Waals surface area contributed by atoms with Crippen LogP contribution < -0.4 is 0 Å². The van der Waals surface area contributed by atoms with Crippen molar-refractivity contribution >= 4 is 5.78 Å². The largest absolute Gasteiger partial charge is 0.297 e. The molecule has 88 valence electrons. The number of carbonyl (C=O) groups excluding carboxylic acids is 1. The number of nitrogens with zero attached hydrogens (tertiary/aromatic N) is 1. The van der Waals surface area contributed by atoms with Gasteiger partial charge in [-0.1, -0.05) is 18.2 Å². The van der Waals surface area contributed by atoms with E-state index in [1.54, 1.807) is 0 Å². The second kappa shape index (κ2) is 4.38. The molecule has 0 aromatic heterocycles. The molecular weight excluding hydrogens is 198 g/mol. The highest BCUT2D eigenvalue weighted by Crippen LogP contribution is 2.21. The zero-order valence-corrected chi connectivity index (χ0v) is 11.1. The molecule has 1 aromatic carbocycles. The minimum absolute atomic E-state index is 0.179. The van der Waals surface area contributed by atoms with Crippen molar-refractivity contribution in [3.63, 3.8) is 0 Å². The van der Waals surface area contributed by atoms with E-state index < -0.39 is 5.54 Å². The lowest BCUT2D eigenvalue weighted by Crippen LogP contribution is -2.45. The summed E-state index contributed by atoms with van der Waals surface area (Å²) >= 11 is 0. The molecule has 0 spiro atoms. The molecule has 1 rings (SSSR count). The summed E-state index contributed by atoms with van der Waals surface area (Å²) in [5.41, 5.74) is 2.62. The van der Waals surface area contributed by atoms with Crippen LogP contribution >= 0.6 is 0 Å². The first-order chi connectivity index (χ1) is 7.28. The molecule has 1 aromatic rings. The van der Waals surface area contributed by atoms with Gasteiger partial charge in [-0.05, 0) is 52.9 Å². The highest BCUT2D eigenvalue weighted by Gasteiger charge is 2.31. The molecule has 0 N–H and O–H groups in total. The second-order valence-electron chi connectivity index (χ2n) is 5.03. The second-order valence-corrected chi connectivity index (χ2v) is 5.03. The van der Waals surface area contributed by atoms with Crippen LogP contribution in [0.4, 0.5) is 0 Å².